The van der Waals surface area contributed by atoms with E-state index in [1.807, 2.05) is 6.07 Å². The Morgan fingerprint density at radius 1 is 1.57 bits per heavy atom. The highest BCUT2D eigenvalue weighted by Gasteiger charge is 2.02. The number of rotatable bonds is 7. The number of hydrogen-bond donors (Lipinski definition) is 1. The van der Waals surface area contributed by atoms with E-state index in [-0.39, 0.29) is 6.04 Å². The van der Waals surface area contributed by atoms with Gasteiger partial charge in [0.1, 0.15) is 0 Å². The Morgan fingerprint density at radius 3 is 3.07 bits per heavy atom. The lowest BCUT2D eigenvalue weighted by atomic mass is 10.1. The molecule has 0 radical (unpaired) electrons. The number of thiophene rings is 1. The topological polar surface area (TPSA) is 35.2 Å². The van der Waals surface area contributed by atoms with Crippen molar-refractivity contribution in [2.24, 2.45) is 5.73 Å². The molecule has 2 nitrogen and oxygen atoms in total. The lowest BCUT2D eigenvalue weighted by Gasteiger charge is -2.10. The average Bonchev–Trinajstić information content (AvgIpc) is 2.67. The van der Waals surface area contributed by atoms with E-state index in [4.69, 9.17) is 10.5 Å². The lowest BCUT2D eigenvalue weighted by molar-refractivity contribution is 0.107. The molecule has 3 heteroatoms. The van der Waals surface area contributed by atoms with Crippen molar-refractivity contribution in [2.45, 2.75) is 38.8 Å². The quantitative estimate of drug-likeness (QED) is 0.756. The van der Waals surface area contributed by atoms with E-state index in [1.54, 1.807) is 11.3 Å². The van der Waals surface area contributed by atoms with Crippen molar-refractivity contribution >= 4 is 11.3 Å². The summed E-state index contributed by atoms with van der Waals surface area (Å²) in [6, 6.07) is 4.33. The Hall–Kier alpha value is -0.380. The van der Waals surface area contributed by atoms with Crippen molar-refractivity contribution in [3.8, 4) is 0 Å². The maximum atomic E-state index is 5.88. The van der Waals surface area contributed by atoms with Crippen molar-refractivity contribution < 1.29 is 4.74 Å². The van der Waals surface area contributed by atoms with Crippen molar-refractivity contribution in [2.75, 3.05) is 6.61 Å². The van der Waals surface area contributed by atoms with Crippen LogP contribution in [0.1, 0.15) is 31.1 Å². The van der Waals surface area contributed by atoms with Crippen LogP contribution < -0.4 is 5.73 Å². The molecule has 1 heterocycles. The Morgan fingerprint density at radius 2 is 2.43 bits per heavy atom. The summed E-state index contributed by atoms with van der Waals surface area (Å²) in [6.07, 6.45) is 3.48. The zero-order chi connectivity index (χ0) is 10.2. The highest BCUT2D eigenvalue weighted by molar-refractivity contribution is 7.09. The number of nitrogens with two attached hydrogens (primary N) is 1. The van der Waals surface area contributed by atoms with Crippen LogP contribution in [-0.2, 0) is 11.3 Å². The summed E-state index contributed by atoms with van der Waals surface area (Å²) in [5, 5.41) is 2.07. The maximum Gasteiger partial charge on any atom is 0.0810 e. The molecular formula is C11H19NOS. The molecular weight excluding hydrogens is 194 g/mol. The summed E-state index contributed by atoms with van der Waals surface area (Å²) < 4.78 is 5.52. The molecule has 1 unspecified atom stereocenters. The lowest BCUT2D eigenvalue weighted by Crippen LogP contribution is -2.25. The van der Waals surface area contributed by atoms with Crippen LogP contribution in [0.5, 0.6) is 0 Å². The summed E-state index contributed by atoms with van der Waals surface area (Å²) in [5.74, 6) is 0. The van der Waals surface area contributed by atoms with Gasteiger partial charge in [-0.3, -0.25) is 0 Å². The number of hydrogen-bond acceptors (Lipinski definition) is 3. The molecule has 2 N–H and O–H groups in total. The maximum absolute atomic E-state index is 5.88. The van der Waals surface area contributed by atoms with E-state index in [2.05, 4.69) is 18.4 Å². The van der Waals surface area contributed by atoms with Gasteiger partial charge in [0.15, 0.2) is 0 Å². The molecule has 0 aliphatic heterocycles. The summed E-state index contributed by atoms with van der Waals surface area (Å²) in [5.41, 5.74) is 5.88. The van der Waals surface area contributed by atoms with Crippen LogP contribution in [0.25, 0.3) is 0 Å². The van der Waals surface area contributed by atoms with Gasteiger partial charge < -0.3 is 10.5 Å². The number of ether oxygens (including phenoxy) is 1. The third-order valence-electron chi connectivity index (χ3n) is 2.08. The van der Waals surface area contributed by atoms with Crippen molar-refractivity contribution in [3.63, 3.8) is 0 Å². The fourth-order valence-corrected chi connectivity index (χ4v) is 1.90. The second kappa shape index (κ2) is 6.98. The minimum Gasteiger partial charge on any atom is -0.374 e. The Kier molecular flexibility index (Phi) is 5.83. The van der Waals surface area contributed by atoms with E-state index < -0.39 is 0 Å². The van der Waals surface area contributed by atoms with Crippen LogP contribution in [0.2, 0.25) is 0 Å². The zero-order valence-electron chi connectivity index (χ0n) is 8.74. The summed E-state index contributed by atoms with van der Waals surface area (Å²) in [4.78, 5) is 1.27. The standard InChI is InChI=1S/C11H19NOS/c1-2-3-5-10(12)8-13-9-11-6-4-7-14-11/h4,6-7,10H,2-3,5,8-9,12H2,1H3. The van der Waals surface area contributed by atoms with Gasteiger partial charge in [-0.15, -0.1) is 11.3 Å². The summed E-state index contributed by atoms with van der Waals surface area (Å²) in [7, 11) is 0. The first-order valence-electron chi connectivity index (χ1n) is 5.18. The molecule has 14 heavy (non-hydrogen) atoms. The third-order valence-corrected chi connectivity index (χ3v) is 2.93. The molecule has 0 spiro atoms. The van der Waals surface area contributed by atoms with Crippen LogP contribution in [0.3, 0.4) is 0 Å². The molecule has 1 aromatic heterocycles. The van der Waals surface area contributed by atoms with Crippen LogP contribution >= 0.6 is 11.3 Å². The highest BCUT2D eigenvalue weighted by Crippen LogP contribution is 2.09. The molecule has 0 aromatic carbocycles. The molecule has 1 atom stereocenters. The van der Waals surface area contributed by atoms with Gasteiger partial charge >= 0.3 is 0 Å². The molecule has 0 saturated carbocycles. The summed E-state index contributed by atoms with van der Waals surface area (Å²) >= 11 is 1.73. The van der Waals surface area contributed by atoms with Crippen LogP contribution in [0.4, 0.5) is 0 Å². The predicted octanol–water partition coefficient (Wildman–Crippen LogP) is 2.78. The van der Waals surface area contributed by atoms with Gasteiger partial charge in [0.2, 0.25) is 0 Å². The minimum atomic E-state index is 0.204. The Bertz CT molecular complexity index is 223. The van der Waals surface area contributed by atoms with Crippen molar-refractivity contribution in [1.29, 1.82) is 0 Å². The Balaban J connectivity index is 2.03. The molecule has 0 aliphatic carbocycles. The minimum absolute atomic E-state index is 0.204. The van der Waals surface area contributed by atoms with Gasteiger partial charge in [-0.05, 0) is 17.9 Å². The Labute approximate surface area is 90.1 Å². The van der Waals surface area contributed by atoms with Gasteiger partial charge in [0, 0.05) is 10.9 Å². The van der Waals surface area contributed by atoms with E-state index in [0.717, 1.165) is 6.42 Å². The SMILES string of the molecule is CCCCC(N)COCc1cccs1. The molecule has 0 bridgehead atoms. The van der Waals surface area contributed by atoms with Gasteiger partial charge in [0.25, 0.3) is 0 Å². The highest BCUT2D eigenvalue weighted by atomic mass is 32.1. The van der Waals surface area contributed by atoms with Gasteiger partial charge in [-0.25, -0.2) is 0 Å². The monoisotopic (exact) mass is 213 g/mol. The van der Waals surface area contributed by atoms with Crippen molar-refractivity contribution in [1.82, 2.24) is 0 Å². The third kappa shape index (κ3) is 4.74. The molecule has 0 amide bonds. The fourth-order valence-electron chi connectivity index (χ4n) is 1.26. The molecule has 0 saturated heterocycles. The van der Waals surface area contributed by atoms with Gasteiger partial charge in [-0.1, -0.05) is 25.8 Å². The molecule has 0 fully saturated rings. The smallest absolute Gasteiger partial charge is 0.0810 e. The first-order chi connectivity index (χ1) is 6.83. The first kappa shape index (κ1) is 11.7. The normalized spacial score (nSPS) is 13.0. The second-order valence-corrected chi connectivity index (χ2v) is 4.53. The van der Waals surface area contributed by atoms with Gasteiger partial charge in [0.05, 0.1) is 13.2 Å². The van der Waals surface area contributed by atoms with Crippen LogP contribution in [-0.4, -0.2) is 12.6 Å². The summed E-state index contributed by atoms with van der Waals surface area (Å²) in [6.45, 7) is 3.56. The number of unbranched alkanes of at least 4 members (excludes halogenated alkanes) is 1. The zero-order valence-corrected chi connectivity index (χ0v) is 9.56. The van der Waals surface area contributed by atoms with Crippen molar-refractivity contribution in [3.05, 3.63) is 22.4 Å². The predicted molar refractivity (Wildman–Crippen MR) is 61.5 cm³/mol. The van der Waals surface area contributed by atoms with E-state index in [0.29, 0.717) is 13.2 Å². The molecule has 1 rings (SSSR count). The van der Waals surface area contributed by atoms with E-state index in [1.165, 1.54) is 17.7 Å². The molecule has 1 aromatic rings. The second-order valence-electron chi connectivity index (χ2n) is 3.50. The van der Waals surface area contributed by atoms with Crippen LogP contribution in [0, 0.1) is 0 Å². The fraction of sp³-hybridized carbons (Fsp3) is 0.636. The van der Waals surface area contributed by atoms with Crippen LogP contribution in [0.15, 0.2) is 17.5 Å². The first-order valence-corrected chi connectivity index (χ1v) is 6.06. The van der Waals surface area contributed by atoms with E-state index >= 15 is 0 Å². The average molecular weight is 213 g/mol. The van der Waals surface area contributed by atoms with E-state index in [9.17, 15) is 0 Å². The molecule has 0 aliphatic rings. The largest absolute Gasteiger partial charge is 0.374 e. The molecule has 80 valence electrons. The van der Waals surface area contributed by atoms with Gasteiger partial charge in [-0.2, -0.15) is 0 Å².